The number of methoxy groups -OCH3 is 1. The molecule has 0 aromatic heterocycles. The van der Waals surface area contributed by atoms with Crippen molar-refractivity contribution in [2.45, 2.75) is 18.9 Å². The van der Waals surface area contributed by atoms with Crippen molar-refractivity contribution in [3.63, 3.8) is 0 Å². The van der Waals surface area contributed by atoms with Crippen molar-refractivity contribution in [3.8, 4) is 5.75 Å². The fourth-order valence-electron chi connectivity index (χ4n) is 3.73. The summed E-state index contributed by atoms with van der Waals surface area (Å²) in [5.74, 6) is 1.96. The number of rotatable bonds is 5. The average Bonchev–Trinajstić information content (AvgIpc) is 3.16. The van der Waals surface area contributed by atoms with Crippen LogP contribution in [-0.4, -0.2) is 81.9 Å². The summed E-state index contributed by atoms with van der Waals surface area (Å²) in [4.78, 5) is 9.42. The Morgan fingerprint density at radius 1 is 1.27 bits per heavy atom. The number of guanidine groups is 1. The van der Waals surface area contributed by atoms with Crippen molar-refractivity contribution in [2.75, 3.05) is 60.1 Å². The zero-order valence-corrected chi connectivity index (χ0v) is 18.1. The van der Waals surface area contributed by atoms with Gasteiger partial charge in [-0.15, -0.1) is 24.0 Å². The summed E-state index contributed by atoms with van der Waals surface area (Å²) in [5.41, 5.74) is 1.22. The fraction of sp³-hybridized carbons (Fsp3) is 0.632. The summed E-state index contributed by atoms with van der Waals surface area (Å²) < 4.78 is 10.9. The van der Waals surface area contributed by atoms with Gasteiger partial charge < -0.3 is 19.7 Å². The molecule has 2 saturated heterocycles. The molecule has 2 heterocycles. The molecule has 26 heavy (non-hydrogen) atoms. The van der Waals surface area contributed by atoms with E-state index in [0.717, 1.165) is 64.1 Å². The first-order chi connectivity index (χ1) is 12.3. The van der Waals surface area contributed by atoms with E-state index in [1.807, 2.05) is 19.2 Å². The predicted octanol–water partition coefficient (Wildman–Crippen LogP) is 1.84. The number of para-hydroxylation sites is 1. The molecular weight excluding hydrogens is 443 g/mol. The van der Waals surface area contributed by atoms with E-state index in [-0.39, 0.29) is 24.0 Å². The third-order valence-electron chi connectivity index (χ3n) is 5.11. The topological polar surface area (TPSA) is 49.3 Å². The van der Waals surface area contributed by atoms with Crippen molar-refractivity contribution in [2.24, 2.45) is 4.99 Å². The highest BCUT2D eigenvalue weighted by atomic mass is 127. The second-order valence-corrected chi connectivity index (χ2v) is 6.57. The molecule has 1 atom stereocenters. The van der Waals surface area contributed by atoms with Crippen LogP contribution in [0.1, 0.15) is 12.0 Å². The molecule has 1 unspecified atom stereocenters. The third kappa shape index (κ3) is 5.47. The van der Waals surface area contributed by atoms with Gasteiger partial charge in [-0.05, 0) is 24.5 Å². The van der Waals surface area contributed by atoms with Gasteiger partial charge in [0.05, 0.1) is 20.3 Å². The number of aliphatic imine (C=N–C) groups is 1. The third-order valence-corrected chi connectivity index (χ3v) is 5.11. The summed E-state index contributed by atoms with van der Waals surface area (Å²) in [7, 11) is 3.59. The van der Waals surface area contributed by atoms with Crippen molar-refractivity contribution in [3.05, 3.63) is 29.8 Å². The van der Waals surface area contributed by atoms with Crippen LogP contribution >= 0.6 is 24.0 Å². The minimum absolute atomic E-state index is 0. The number of halogens is 1. The Balaban J connectivity index is 0.00000243. The van der Waals surface area contributed by atoms with E-state index in [2.05, 4.69) is 32.2 Å². The van der Waals surface area contributed by atoms with Crippen LogP contribution in [0.2, 0.25) is 0 Å². The lowest BCUT2D eigenvalue weighted by Crippen LogP contribution is -2.46. The molecule has 0 saturated carbocycles. The smallest absolute Gasteiger partial charge is 0.193 e. The van der Waals surface area contributed by atoms with Crippen LogP contribution in [0, 0.1) is 0 Å². The van der Waals surface area contributed by atoms with Crippen molar-refractivity contribution in [1.82, 2.24) is 15.1 Å². The van der Waals surface area contributed by atoms with Crippen LogP contribution in [0.4, 0.5) is 0 Å². The zero-order chi connectivity index (χ0) is 17.5. The molecule has 7 heteroatoms. The largest absolute Gasteiger partial charge is 0.496 e. The molecule has 2 aliphatic heterocycles. The maximum absolute atomic E-state index is 5.47. The van der Waals surface area contributed by atoms with Crippen LogP contribution < -0.4 is 10.1 Å². The summed E-state index contributed by atoms with van der Waals surface area (Å²) in [6.45, 7) is 6.80. The van der Waals surface area contributed by atoms with Crippen LogP contribution in [-0.2, 0) is 11.2 Å². The molecule has 0 aliphatic carbocycles. The average molecular weight is 474 g/mol. The van der Waals surface area contributed by atoms with E-state index in [0.29, 0.717) is 6.04 Å². The molecule has 0 radical (unpaired) electrons. The number of hydrogen-bond acceptors (Lipinski definition) is 4. The van der Waals surface area contributed by atoms with E-state index in [1.54, 1.807) is 7.11 Å². The van der Waals surface area contributed by atoms with Crippen LogP contribution in [0.5, 0.6) is 5.75 Å². The Morgan fingerprint density at radius 2 is 2.04 bits per heavy atom. The molecule has 2 fully saturated rings. The van der Waals surface area contributed by atoms with Crippen molar-refractivity contribution >= 4 is 29.9 Å². The van der Waals surface area contributed by atoms with Gasteiger partial charge in [-0.2, -0.15) is 0 Å². The lowest BCUT2D eigenvalue weighted by Gasteiger charge is -2.32. The van der Waals surface area contributed by atoms with Crippen LogP contribution in [0.3, 0.4) is 0 Å². The second kappa shape index (κ2) is 10.9. The quantitative estimate of drug-likeness (QED) is 0.401. The number of ether oxygens (including phenoxy) is 2. The lowest BCUT2D eigenvalue weighted by atomic mass is 10.1. The molecular formula is C19H31IN4O2. The van der Waals surface area contributed by atoms with Crippen LogP contribution in [0.25, 0.3) is 0 Å². The van der Waals surface area contributed by atoms with Gasteiger partial charge in [-0.25, -0.2) is 0 Å². The summed E-state index contributed by atoms with van der Waals surface area (Å²) in [6.07, 6.45) is 2.12. The molecule has 0 amide bonds. The monoisotopic (exact) mass is 474 g/mol. The van der Waals surface area contributed by atoms with E-state index in [4.69, 9.17) is 9.47 Å². The zero-order valence-electron chi connectivity index (χ0n) is 15.8. The van der Waals surface area contributed by atoms with Gasteiger partial charge in [0.25, 0.3) is 0 Å². The number of nitrogens with zero attached hydrogens (tertiary/aromatic N) is 3. The normalized spacial score (nSPS) is 21.4. The molecule has 1 aromatic carbocycles. The number of likely N-dealkylation sites (tertiary alicyclic amines) is 1. The molecule has 6 nitrogen and oxygen atoms in total. The van der Waals surface area contributed by atoms with Crippen molar-refractivity contribution in [1.29, 1.82) is 0 Å². The Bertz CT molecular complexity index is 578. The highest BCUT2D eigenvalue weighted by Crippen LogP contribution is 2.18. The molecule has 146 valence electrons. The molecule has 3 rings (SSSR count). The standard InChI is InChI=1S/C19H30N4O2.HI/c1-20-19(21-9-7-16-5-3-4-6-18(16)24-2)23-10-8-17(15-23)22-11-13-25-14-12-22;/h3-6,17H,7-15H2,1-2H3,(H,20,21);1H. The summed E-state index contributed by atoms with van der Waals surface area (Å²) >= 11 is 0. The van der Waals surface area contributed by atoms with Gasteiger partial charge >= 0.3 is 0 Å². The summed E-state index contributed by atoms with van der Waals surface area (Å²) in [5, 5.41) is 3.51. The predicted molar refractivity (Wildman–Crippen MR) is 116 cm³/mol. The highest BCUT2D eigenvalue weighted by molar-refractivity contribution is 14.0. The van der Waals surface area contributed by atoms with Crippen LogP contribution in [0.15, 0.2) is 29.3 Å². The van der Waals surface area contributed by atoms with Gasteiger partial charge in [0.2, 0.25) is 0 Å². The lowest BCUT2D eigenvalue weighted by molar-refractivity contribution is 0.0195. The van der Waals surface area contributed by atoms with Crippen molar-refractivity contribution < 1.29 is 9.47 Å². The number of nitrogens with one attached hydrogen (secondary N) is 1. The molecule has 0 spiro atoms. The van der Waals surface area contributed by atoms with E-state index in [1.165, 1.54) is 12.0 Å². The first kappa shape index (κ1) is 21.2. The molecule has 0 bridgehead atoms. The number of hydrogen-bond donors (Lipinski definition) is 1. The first-order valence-corrected chi connectivity index (χ1v) is 9.21. The molecule has 1 N–H and O–H groups in total. The molecule has 2 aliphatic rings. The summed E-state index contributed by atoms with van der Waals surface area (Å²) in [6, 6.07) is 8.81. The van der Waals surface area contributed by atoms with Gasteiger partial charge in [0.15, 0.2) is 5.96 Å². The highest BCUT2D eigenvalue weighted by Gasteiger charge is 2.30. The van der Waals surface area contributed by atoms with Gasteiger partial charge in [-0.1, -0.05) is 18.2 Å². The van der Waals surface area contributed by atoms with Gasteiger partial charge in [0.1, 0.15) is 5.75 Å². The SMILES string of the molecule is CN=C(NCCc1ccccc1OC)N1CCC(N2CCOCC2)C1.I. The second-order valence-electron chi connectivity index (χ2n) is 6.57. The Morgan fingerprint density at radius 3 is 2.77 bits per heavy atom. The Hall–Kier alpha value is -1.06. The number of benzene rings is 1. The fourth-order valence-corrected chi connectivity index (χ4v) is 3.73. The first-order valence-electron chi connectivity index (χ1n) is 9.21. The van der Waals surface area contributed by atoms with Gasteiger partial charge in [-0.3, -0.25) is 9.89 Å². The number of morpholine rings is 1. The minimum Gasteiger partial charge on any atom is -0.496 e. The van der Waals surface area contributed by atoms with E-state index < -0.39 is 0 Å². The van der Waals surface area contributed by atoms with E-state index in [9.17, 15) is 0 Å². The Kier molecular flexibility index (Phi) is 8.94. The Labute approximate surface area is 173 Å². The van der Waals surface area contributed by atoms with E-state index >= 15 is 0 Å². The maximum atomic E-state index is 5.47. The maximum Gasteiger partial charge on any atom is 0.193 e. The van der Waals surface area contributed by atoms with Gasteiger partial charge in [0, 0.05) is 45.8 Å². The molecule has 1 aromatic rings. The minimum atomic E-state index is 0.